The van der Waals surface area contributed by atoms with Gasteiger partial charge >= 0.3 is 0 Å². The molecule has 0 amide bonds. The lowest BCUT2D eigenvalue weighted by atomic mass is 9.77. The van der Waals surface area contributed by atoms with E-state index in [0.29, 0.717) is 24.2 Å². The third-order valence-corrected chi connectivity index (χ3v) is 20.5. The first-order valence-electron chi connectivity index (χ1n) is 36.8. The zero-order chi connectivity index (χ0) is 65.5. The second-order valence-electron chi connectivity index (χ2n) is 34.2. The van der Waals surface area contributed by atoms with Gasteiger partial charge in [0.05, 0.1) is 13.2 Å². The number of rotatable bonds is 21. The standard InChI is InChI=1S/C9H18.C9H16.C8H14F2.C8H15F.2C8H16.C7H12F2.C7H13F.C7H14O.C7H14S/c1-8(2)6-7-9-4-3-5-9;1-8(2)7-9-5-3-4-6-9;1-6(2)8(9,10)7-4-3-5-7;1-7(2)6-8(9)4-3-5-8;1-7(2)6-8(3)4-5-8;1-7(2)6-8-4-3-5-8;1-5(2)3-6-4-7(6,8)9;1-6(2)5-7(8)3-4-7;2*1-6(2)3-7-4-8-5-7/h8-9H,3-7H2,1-2H3;3,5,8-9H,4,6-7H2,1-2H3;6-7H,3-5H2,1-2H3;7H,3-6H2,1-2H3;7H,4-6H2,1-3H3;7-8H,3-6H2,1-2H3;5-6H,3-4H2,1-2H3;6H,3-5H2,1-2H3;2*6-7H,3-5H2,1-2H3. The summed E-state index contributed by atoms with van der Waals surface area (Å²) in [5, 5.41) is 0. The van der Waals surface area contributed by atoms with Crippen LogP contribution in [-0.4, -0.2) is 47.9 Å². The minimum absolute atomic E-state index is 0.130. The van der Waals surface area contributed by atoms with Crippen LogP contribution in [0.25, 0.3) is 0 Å². The Bertz CT molecular complexity index is 1580. The van der Waals surface area contributed by atoms with Crippen molar-refractivity contribution in [3.63, 3.8) is 0 Å². The monoisotopic (exact) mass is 1250 g/mol. The average molecular weight is 1250 g/mol. The van der Waals surface area contributed by atoms with Crippen molar-refractivity contribution < 1.29 is 31.1 Å². The molecule has 8 aliphatic carbocycles. The molecule has 0 bridgehead atoms. The van der Waals surface area contributed by atoms with E-state index >= 15 is 0 Å². The summed E-state index contributed by atoms with van der Waals surface area (Å²) >= 11 is 2.09. The summed E-state index contributed by atoms with van der Waals surface area (Å²) in [6.45, 7) is 47.5. The number of halogens is 6. The van der Waals surface area contributed by atoms with E-state index in [1.807, 2.05) is 13.8 Å². The molecule has 0 spiro atoms. The first kappa shape index (κ1) is 83.6. The van der Waals surface area contributed by atoms with Gasteiger partial charge in [-0.25, -0.2) is 26.3 Å². The number of hydrogen-bond donors (Lipinski definition) is 0. The molecular formula is C78H148F6OS. The summed E-state index contributed by atoms with van der Waals surface area (Å²) in [7, 11) is 0. The second kappa shape index (κ2) is 42.8. The highest BCUT2D eigenvalue weighted by atomic mass is 32.2. The van der Waals surface area contributed by atoms with Crippen LogP contribution in [0.15, 0.2) is 12.2 Å². The molecule has 10 aliphatic rings. The van der Waals surface area contributed by atoms with Crippen molar-refractivity contribution in [2.45, 2.75) is 355 Å². The molecular weight excluding hydrogens is 1100 g/mol. The SMILES string of the molecule is CC(C)C(F)(F)C1CCC1.CC(C)CC1(C)CC1.CC(C)CC1(F)CC1.CC(C)CC1(F)CCC1.CC(C)CC1C=CCC1.CC(C)CC1CC1(F)F.CC(C)CC1CCC1.CC(C)CC1COC1.CC(C)CC1CSC1.CC(C)CCC1CCC1. The molecule has 2 aliphatic heterocycles. The predicted octanol–water partition coefficient (Wildman–Crippen LogP) is 27.2. The van der Waals surface area contributed by atoms with Crippen LogP contribution in [0.1, 0.15) is 332 Å². The number of alkyl halides is 6. The summed E-state index contributed by atoms with van der Waals surface area (Å²) < 4.78 is 81.2. The molecule has 8 heteroatoms. The van der Waals surface area contributed by atoms with Gasteiger partial charge in [0.15, 0.2) is 0 Å². The van der Waals surface area contributed by atoms with Crippen molar-refractivity contribution >= 4 is 11.8 Å². The summed E-state index contributed by atoms with van der Waals surface area (Å²) in [6.07, 6.45) is 38.6. The minimum atomic E-state index is -2.40. The fourth-order valence-corrected chi connectivity index (χ4v) is 13.6. The average Bonchev–Trinajstić information content (AvgIpc) is 4.23. The molecule has 0 aromatic carbocycles. The van der Waals surface area contributed by atoms with Crippen LogP contribution in [0.3, 0.4) is 0 Å². The van der Waals surface area contributed by atoms with E-state index in [1.54, 1.807) is 13.8 Å². The number of hydrogen-bond acceptors (Lipinski definition) is 2. The van der Waals surface area contributed by atoms with Crippen molar-refractivity contribution in [1.29, 1.82) is 0 Å². The van der Waals surface area contributed by atoms with Crippen molar-refractivity contribution in [1.82, 2.24) is 0 Å². The van der Waals surface area contributed by atoms with E-state index in [0.717, 1.165) is 148 Å². The van der Waals surface area contributed by atoms with E-state index in [1.165, 1.54) is 121 Å². The Morgan fingerprint density at radius 3 is 1.06 bits per heavy atom. The molecule has 0 aromatic heterocycles. The molecule has 10 rings (SSSR count). The van der Waals surface area contributed by atoms with Crippen LogP contribution in [0.5, 0.6) is 0 Å². The summed E-state index contributed by atoms with van der Waals surface area (Å²) in [5.41, 5.74) is -0.712. The van der Waals surface area contributed by atoms with Gasteiger partial charge in [0, 0.05) is 30.1 Å². The van der Waals surface area contributed by atoms with E-state index in [-0.39, 0.29) is 18.3 Å². The lowest BCUT2D eigenvalue weighted by molar-refractivity contribution is -0.122. The zero-order valence-corrected chi connectivity index (χ0v) is 61.7. The van der Waals surface area contributed by atoms with Gasteiger partial charge in [-0.15, -0.1) is 0 Å². The van der Waals surface area contributed by atoms with E-state index in [2.05, 4.69) is 142 Å². The first-order valence-corrected chi connectivity index (χ1v) is 38.0. The minimum Gasteiger partial charge on any atom is -0.381 e. The van der Waals surface area contributed by atoms with Crippen LogP contribution >= 0.6 is 11.8 Å². The maximum atomic E-state index is 13.2. The van der Waals surface area contributed by atoms with Crippen LogP contribution in [0.2, 0.25) is 0 Å². The number of thioether (sulfide) groups is 1. The highest BCUT2D eigenvalue weighted by Crippen LogP contribution is 2.52. The van der Waals surface area contributed by atoms with Crippen LogP contribution < -0.4 is 0 Å². The fourth-order valence-electron chi connectivity index (χ4n) is 12.7. The maximum absolute atomic E-state index is 13.2. The normalized spacial score (nSPS) is 23.5. The molecule has 514 valence electrons. The zero-order valence-electron chi connectivity index (χ0n) is 60.9. The van der Waals surface area contributed by atoms with Crippen molar-refractivity contribution in [3.05, 3.63) is 12.2 Å². The highest BCUT2D eigenvalue weighted by Gasteiger charge is 2.56. The molecule has 0 aromatic rings. The van der Waals surface area contributed by atoms with Gasteiger partial charge in [-0.05, 0) is 216 Å². The van der Waals surface area contributed by atoms with E-state index in [4.69, 9.17) is 4.74 Å². The molecule has 2 unspecified atom stereocenters. The van der Waals surface area contributed by atoms with Gasteiger partial charge in [-0.1, -0.05) is 215 Å². The molecule has 0 N–H and O–H groups in total. The van der Waals surface area contributed by atoms with E-state index < -0.39 is 29.1 Å². The lowest BCUT2D eigenvalue weighted by Gasteiger charge is -2.35. The Morgan fingerprint density at radius 1 is 0.465 bits per heavy atom. The molecule has 7 saturated carbocycles. The van der Waals surface area contributed by atoms with Gasteiger partial charge in [0.25, 0.3) is 11.8 Å². The van der Waals surface area contributed by atoms with Crippen molar-refractivity contribution in [2.75, 3.05) is 24.7 Å². The molecule has 86 heavy (non-hydrogen) atoms. The van der Waals surface area contributed by atoms with Crippen molar-refractivity contribution in [3.8, 4) is 0 Å². The van der Waals surface area contributed by atoms with Crippen LogP contribution in [0.4, 0.5) is 26.3 Å². The maximum Gasteiger partial charge on any atom is 0.253 e. The first-order chi connectivity index (χ1) is 39.9. The van der Waals surface area contributed by atoms with Crippen LogP contribution in [0, 0.1) is 106 Å². The second-order valence-corrected chi connectivity index (χ2v) is 35.2. The smallest absolute Gasteiger partial charge is 0.253 e. The third-order valence-electron chi connectivity index (χ3n) is 19.0. The number of ether oxygens (including phenoxy) is 1. The molecule has 2 atom stereocenters. The molecule has 9 fully saturated rings. The lowest BCUT2D eigenvalue weighted by Crippen LogP contribution is -2.37. The number of allylic oxidation sites excluding steroid dienone is 2. The van der Waals surface area contributed by atoms with Gasteiger partial charge in [0.2, 0.25) is 0 Å². The Morgan fingerprint density at radius 2 is 0.895 bits per heavy atom. The topological polar surface area (TPSA) is 9.23 Å². The predicted molar refractivity (Wildman–Crippen MR) is 370 cm³/mol. The summed E-state index contributed by atoms with van der Waals surface area (Å²) in [4.78, 5) is 0. The third kappa shape index (κ3) is 42.7. The van der Waals surface area contributed by atoms with Gasteiger partial charge < -0.3 is 4.74 Å². The Balaban J connectivity index is 0.000000478. The Hall–Kier alpha value is -0.370. The fraction of sp³-hybridized carbons (Fsp3) is 0.974. The van der Waals surface area contributed by atoms with Crippen LogP contribution in [-0.2, 0) is 4.74 Å². The molecule has 2 heterocycles. The molecule has 0 radical (unpaired) electrons. The van der Waals surface area contributed by atoms with E-state index in [9.17, 15) is 26.3 Å². The van der Waals surface area contributed by atoms with Gasteiger partial charge in [0.1, 0.15) is 11.3 Å². The Labute approximate surface area is 537 Å². The van der Waals surface area contributed by atoms with Gasteiger partial charge in [-0.3, -0.25) is 0 Å². The van der Waals surface area contributed by atoms with Crippen molar-refractivity contribution in [2.24, 2.45) is 106 Å². The highest BCUT2D eigenvalue weighted by molar-refractivity contribution is 8.00. The molecule has 2 saturated heterocycles. The van der Waals surface area contributed by atoms with Gasteiger partial charge in [-0.2, -0.15) is 11.8 Å². The molecule has 1 nitrogen and oxygen atoms in total. The quantitative estimate of drug-likeness (QED) is 0.0837. The Kier molecular flexibility index (Phi) is 41.6. The summed E-state index contributed by atoms with van der Waals surface area (Å²) in [6, 6.07) is 0. The summed E-state index contributed by atoms with van der Waals surface area (Å²) in [5.74, 6) is 9.01. The largest absolute Gasteiger partial charge is 0.381 e.